The number of alkyl carbamates (subject to hydrolysis) is 1. The van der Waals surface area contributed by atoms with Crippen molar-refractivity contribution in [1.29, 1.82) is 0 Å². The normalized spacial score (nSPS) is 10.8. The zero-order valence-electron chi connectivity index (χ0n) is 16.1. The van der Waals surface area contributed by atoms with Gasteiger partial charge in [-0.15, -0.1) is 0 Å². The van der Waals surface area contributed by atoms with Crippen LogP contribution >= 0.6 is 0 Å². The van der Waals surface area contributed by atoms with Gasteiger partial charge in [0.05, 0.1) is 0 Å². The summed E-state index contributed by atoms with van der Waals surface area (Å²) in [4.78, 5) is 32.4. The van der Waals surface area contributed by atoms with E-state index >= 15 is 0 Å². The van der Waals surface area contributed by atoms with E-state index in [0.29, 0.717) is 12.3 Å². The van der Waals surface area contributed by atoms with Gasteiger partial charge in [0.25, 0.3) is 0 Å². The first-order valence-corrected chi connectivity index (χ1v) is 8.80. The standard InChI is InChI=1S/C21H25NO5/c1-5-19(23)27-26-18-12-10-17(11-13-18)16-8-6-15(7-9-16)14-22-20(24)25-21(2,3)4/h6-13H,5,14H2,1-4H3,(H,22,24). The van der Waals surface area contributed by atoms with Crippen LogP contribution in [0.3, 0.4) is 0 Å². The summed E-state index contributed by atoms with van der Waals surface area (Å²) in [6, 6.07) is 15.1. The molecule has 0 aliphatic carbocycles. The Morgan fingerprint density at radius 2 is 1.48 bits per heavy atom. The summed E-state index contributed by atoms with van der Waals surface area (Å²) >= 11 is 0. The smallest absolute Gasteiger partial charge is 0.407 e. The molecule has 6 heteroatoms. The highest BCUT2D eigenvalue weighted by molar-refractivity contribution is 5.69. The summed E-state index contributed by atoms with van der Waals surface area (Å²) in [5.41, 5.74) is 2.47. The van der Waals surface area contributed by atoms with E-state index in [9.17, 15) is 9.59 Å². The summed E-state index contributed by atoms with van der Waals surface area (Å²) in [6.45, 7) is 7.56. The zero-order valence-corrected chi connectivity index (χ0v) is 16.1. The van der Waals surface area contributed by atoms with Gasteiger partial charge in [-0.3, -0.25) is 9.78 Å². The number of amides is 1. The molecule has 6 nitrogen and oxygen atoms in total. The van der Waals surface area contributed by atoms with Gasteiger partial charge in [-0.2, -0.15) is 0 Å². The Labute approximate surface area is 159 Å². The van der Waals surface area contributed by atoms with Crippen LogP contribution in [0.15, 0.2) is 48.5 Å². The second-order valence-corrected chi connectivity index (χ2v) is 6.97. The second-order valence-electron chi connectivity index (χ2n) is 6.97. The van der Waals surface area contributed by atoms with Crippen molar-refractivity contribution in [3.05, 3.63) is 54.1 Å². The minimum atomic E-state index is -0.515. The Morgan fingerprint density at radius 3 is 2.00 bits per heavy atom. The van der Waals surface area contributed by atoms with E-state index in [2.05, 4.69) is 10.2 Å². The lowest BCUT2D eigenvalue weighted by atomic mass is 10.0. The summed E-state index contributed by atoms with van der Waals surface area (Å²) in [5, 5.41) is 2.73. The fourth-order valence-electron chi connectivity index (χ4n) is 2.16. The average molecular weight is 371 g/mol. The van der Waals surface area contributed by atoms with Crippen LogP contribution in [-0.4, -0.2) is 17.7 Å². The molecule has 0 saturated heterocycles. The van der Waals surface area contributed by atoms with Gasteiger partial charge in [-0.1, -0.05) is 43.3 Å². The first-order chi connectivity index (χ1) is 12.8. The summed E-state index contributed by atoms with van der Waals surface area (Å²) in [6.07, 6.45) is -0.182. The van der Waals surface area contributed by atoms with Crippen LogP contribution in [0.2, 0.25) is 0 Å². The Balaban J connectivity index is 1.91. The number of carbonyl (C=O) groups is 2. The van der Waals surface area contributed by atoms with Crippen molar-refractivity contribution in [3.63, 3.8) is 0 Å². The molecular formula is C21H25NO5. The molecule has 0 heterocycles. The van der Waals surface area contributed by atoms with Crippen molar-refractivity contribution in [2.75, 3.05) is 0 Å². The SMILES string of the molecule is CCC(=O)OOc1ccc(-c2ccc(CNC(=O)OC(C)(C)C)cc2)cc1. The van der Waals surface area contributed by atoms with Crippen LogP contribution in [0.1, 0.15) is 39.7 Å². The van der Waals surface area contributed by atoms with E-state index in [4.69, 9.17) is 9.62 Å². The number of carbonyl (C=O) groups excluding carboxylic acids is 2. The molecule has 0 aliphatic heterocycles. The summed E-state index contributed by atoms with van der Waals surface area (Å²) in [7, 11) is 0. The molecule has 144 valence electrons. The van der Waals surface area contributed by atoms with Gasteiger partial charge in [0.15, 0.2) is 5.75 Å². The van der Waals surface area contributed by atoms with E-state index in [-0.39, 0.29) is 6.42 Å². The van der Waals surface area contributed by atoms with Gasteiger partial charge in [0, 0.05) is 13.0 Å². The molecule has 0 fully saturated rings. The van der Waals surface area contributed by atoms with Gasteiger partial charge in [0.1, 0.15) is 5.60 Å². The largest absolute Gasteiger partial charge is 0.444 e. The minimum absolute atomic E-state index is 0.257. The molecular weight excluding hydrogens is 346 g/mol. The van der Waals surface area contributed by atoms with E-state index in [1.807, 2.05) is 57.2 Å². The fraction of sp³-hybridized carbons (Fsp3) is 0.333. The molecule has 2 rings (SSSR count). The van der Waals surface area contributed by atoms with E-state index < -0.39 is 17.7 Å². The van der Waals surface area contributed by atoms with Crippen molar-refractivity contribution in [3.8, 4) is 16.9 Å². The third-order valence-corrected chi connectivity index (χ3v) is 3.50. The predicted molar refractivity (Wildman–Crippen MR) is 102 cm³/mol. The monoisotopic (exact) mass is 371 g/mol. The number of nitrogens with one attached hydrogen (secondary N) is 1. The third-order valence-electron chi connectivity index (χ3n) is 3.50. The second kappa shape index (κ2) is 9.07. The maximum atomic E-state index is 11.7. The van der Waals surface area contributed by atoms with Gasteiger partial charge in [-0.05, 0) is 49.6 Å². The number of benzene rings is 2. The molecule has 2 aromatic carbocycles. The summed E-state index contributed by atoms with van der Waals surface area (Å²) < 4.78 is 5.21. The molecule has 0 atom stereocenters. The molecule has 0 radical (unpaired) electrons. The lowest BCUT2D eigenvalue weighted by Crippen LogP contribution is -2.32. The number of hydrogen-bond acceptors (Lipinski definition) is 5. The molecule has 0 aliphatic rings. The average Bonchev–Trinajstić information content (AvgIpc) is 2.64. The molecule has 0 saturated carbocycles. The quantitative estimate of drug-likeness (QED) is 0.592. The van der Waals surface area contributed by atoms with Gasteiger partial charge in [-0.25, -0.2) is 9.59 Å². The first-order valence-electron chi connectivity index (χ1n) is 8.80. The number of rotatable bonds is 6. The highest BCUT2D eigenvalue weighted by Gasteiger charge is 2.15. The van der Waals surface area contributed by atoms with E-state index in [1.54, 1.807) is 19.1 Å². The van der Waals surface area contributed by atoms with Gasteiger partial charge in [0.2, 0.25) is 0 Å². The molecule has 27 heavy (non-hydrogen) atoms. The lowest BCUT2D eigenvalue weighted by Gasteiger charge is -2.19. The zero-order chi connectivity index (χ0) is 19.9. The topological polar surface area (TPSA) is 73.9 Å². The first kappa shape index (κ1) is 20.3. The summed E-state index contributed by atoms with van der Waals surface area (Å²) in [5.74, 6) is 0.0355. The van der Waals surface area contributed by atoms with Crippen LogP contribution in [0, 0.1) is 0 Å². The van der Waals surface area contributed by atoms with Crippen molar-refractivity contribution in [2.24, 2.45) is 0 Å². The van der Waals surface area contributed by atoms with Crippen LogP contribution in [0.5, 0.6) is 5.75 Å². The minimum Gasteiger partial charge on any atom is -0.444 e. The highest BCUT2D eigenvalue weighted by Crippen LogP contribution is 2.23. The van der Waals surface area contributed by atoms with Crippen molar-refractivity contribution in [1.82, 2.24) is 5.32 Å². The van der Waals surface area contributed by atoms with E-state index in [0.717, 1.165) is 16.7 Å². The fourth-order valence-corrected chi connectivity index (χ4v) is 2.16. The van der Waals surface area contributed by atoms with Crippen molar-refractivity contribution < 1.29 is 24.1 Å². The highest BCUT2D eigenvalue weighted by atomic mass is 17.2. The Morgan fingerprint density at radius 1 is 0.926 bits per heavy atom. The van der Waals surface area contributed by atoms with Gasteiger partial charge < -0.3 is 10.1 Å². The molecule has 1 N–H and O–H groups in total. The Hall–Kier alpha value is -3.02. The molecule has 0 aromatic heterocycles. The number of ether oxygens (including phenoxy) is 1. The molecule has 0 spiro atoms. The predicted octanol–water partition coefficient (Wildman–Crippen LogP) is 4.63. The van der Waals surface area contributed by atoms with Gasteiger partial charge >= 0.3 is 12.1 Å². The maximum Gasteiger partial charge on any atom is 0.407 e. The maximum absolute atomic E-state index is 11.7. The van der Waals surface area contributed by atoms with Crippen LogP contribution in [0.25, 0.3) is 11.1 Å². The van der Waals surface area contributed by atoms with Crippen LogP contribution in [-0.2, 0) is 21.0 Å². The number of hydrogen-bond donors (Lipinski definition) is 1. The van der Waals surface area contributed by atoms with E-state index in [1.165, 1.54) is 0 Å². The molecule has 2 aromatic rings. The van der Waals surface area contributed by atoms with Crippen molar-refractivity contribution in [2.45, 2.75) is 46.3 Å². The molecule has 0 bridgehead atoms. The van der Waals surface area contributed by atoms with Crippen LogP contribution in [0.4, 0.5) is 4.79 Å². The van der Waals surface area contributed by atoms with Crippen molar-refractivity contribution >= 4 is 12.1 Å². The lowest BCUT2D eigenvalue weighted by molar-refractivity contribution is -0.213. The third kappa shape index (κ3) is 7.01. The van der Waals surface area contributed by atoms with Crippen LogP contribution < -0.4 is 10.2 Å². The Bertz CT molecular complexity index is 761. The Kier molecular flexibility index (Phi) is 6.82. The molecule has 1 amide bonds. The molecule has 0 unspecified atom stereocenters.